The van der Waals surface area contributed by atoms with E-state index in [1.165, 1.54) is 0 Å². The molecule has 4 rings (SSSR count). The average Bonchev–Trinajstić information content (AvgIpc) is 2.82. The molecule has 3 aromatic carbocycles. The predicted molar refractivity (Wildman–Crippen MR) is 127 cm³/mol. The molecule has 0 bridgehead atoms. The maximum atomic E-state index is 12.8. The summed E-state index contributed by atoms with van der Waals surface area (Å²) in [6.07, 6.45) is -0.601. The fourth-order valence-electron chi connectivity index (χ4n) is 3.62. The first kappa shape index (κ1) is 22.2. The summed E-state index contributed by atoms with van der Waals surface area (Å²) in [6.45, 7) is 4.39. The van der Waals surface area contributed by atoms with Crippen molar-refractivity contribution in [2.24, 2.45) is 0 Å². The van der Waals surface area contributed by atoms with Crippen molar-refractivity contribution in [3.05, 3.63) is 77.9 Å². The Labute approximate surface area is 192 Å². The van der Waals surface area contributed by atoms with E-state index in [4.69, 9.17) is 14.2 Å². The first-order valence-corrected chi connectivity index (χ1v) is 10.7. The van der Waals surface area contributed by atoms with Crippen LogP contribution in [0.25, 0.3) is 0 Å². The molecule has 1 unspecified atom stereocenters. The van der Waals surface area contributed by atoms with E-state index < -0.39 is 6.10 Å². The van der Waals surface area contributed by atoms with Crippen molar-refractivity contribution in [3.63, 3.8) is 0 Å². The third kappa shape index (κ3) is 5.09. The van der Waals surface area contributed by atoms with Crippen LogP contribution in [0.2, 0.25) is 0 Å². The first-order valence-electron chi connectivity index (χ1n) is 10.7. The zero-order valence-electron chi connectivity index (χ0n) is 18.8. The highest BCUT2D eigenvalue weighted by Gasteiger charge is 2.31. The summed E-state index contributed by atoms with van der Waals surface area (Å²) in [7, 11) is 1.57. The molecule has 0 saturated heterocycles. The van der Waals surface area contributed by atoms with Crippen LogP contribution in [0.4, 0.5) is 11.4 Å². The smallest absolute Gasteiger partial charge is 0.267 e. The van der Waals surface area contributed by atoms with Crippen molar-refractivity contribution in [2.75, 3.05) is 30.5 Å². The van der Waals surface area contributed by atoms with E-state index in [2.05, 4.69) is 5.32 Å². The largest absolute Gasteiger partial charge is 0.497 e. The van der Waals surface area contributed by atoms with Gasteiger partial charge in [0.05, 0.1) is 19.3 Å². The van der Waals surface area contributed by atoms with Gasteiger partial charge >= 0.3 is 0 Å². The molecule has 0 aliphatic carbocycles. The molecule has 1 aliphatic rings. The summed E-state index contributed by atoms with van der Waals surface area (Å²) in [5.74, 6) is 1.59. The molecule has 170 valence electrons. The van der Waals surface area contributed by atoms with Gasteiger partial charge in [0.25, 0.3) is 11.8 Å². The van der Waals surface area contributed by atoms with Crippen molar-refractivity contribution in [1.29, 1.82) is 0 Å². The van der Waals surface area contributed by atoms with Crippen LogP contribution >= 0.6 is 0 Å². The van der Waals surface area contributed by atoms with Crippen LogP contribution in [0.5, 0.6) is 17.2 Å². The van der Waals surface area contributed by atoms with Gasteiger partial charge in [-0.25, -0.2) is 0 Å². The van der Waals surface area contributed by atoms with E-state index in [0.717, 1.165) is 11.3 Å². The zero-order valence-corrected chi connectivity index (χ0v) is 18.8. The van der Waals surface area contributed by atoms with E-state index in [-0.39, 0.29) is 11.8 Å². The molecular weight excluding hydrogens is 420 g/mol. The molecule has 1 N–H and O–H groups in total. The molecule has 7 heteroatoms. The lowest BCUT2D eigenvalue weighted by Crippen LogP contribution is -2.46. The van der Waals surface area contributed by atoms with Gasteiger partial charge in [0.1, 0.15) is 23.9 Å². The Balaban J connectivity index is 1.49. The fraction of sp³-hybridized carbons (Fsp3) is 0.231. The van der Waals surface area contributed by atoms with Crippen molar-refractivity contribution in [2.45, 2.75) is 20.0 Å². The minimum atomic E-state index is -0.601. The SMILES string of the molecule is COc1ccc(C(=O)Nc2ccc3c(c2)N(CCOc2cccc(C)c2)C(=O)C(C)O3)cc1. The molecule has 0 aromatic heterocycles. The minimum Gasteiger partial charge on any atom is -0.497 e. The van der Waals surface area contributed by atoms with E-state index in [0.29, 0.717) is 41.6 Å². The monoisotopic (exact) mass is 446 g/mol. The van der Waals surface area contributed by atoms with Crippen LogP contribution in [-0.4, -0.2) is 38.2 Å². The summed E-state index contributed by atoms with van der Waals surface area (Å²) in [5, 5.41) is 2.88. The minimum absolute atomic E-state index is 0.158. The maximum absolute atomic E-state index is 12.8. The maximum Gasteiger partial charge on any atom is 0.267 e. The van der Waals surface area contributed by atoms with Gasteiger partial charge in [-0.1, -0.05) is 12.1 Å². The lowest BCUT2D eigenvalue weighted by Gasteiger charge is -2.33. The highest BCUT2D eigenvalue weighted by Crippen LogP contribution is 2.36. The number of amides is 2. The van der Waals surface area contributed by atoms with Crippen LogP contribution in [0.1, 0.15) is 22.8 Å². The van der Waals surface area contributed by atoms with Gasteiger partial charge < -0.3 is 24.4 Å². The number of fused-ring (bicyclic) bond motifs is 1. The van der Waals surface area contributed by atoms with E-state index in [1.807, 2.05) is 31.2 Å². The number of aryl methyl sites for hydroxylation is 1. The van der Waals surface area contributed by atoms with Gasteiger partial charge in [-0.2, -0.15) is 0 Å². The average molecular weight is 447 g/mol. The topological polar surface area (TPSA) is 77.1 Å². The lowest BCUT2D eigenvalue weighted by molar-refractivity contribution is -0.125. The summed E-state index contributed by atoms with van der Waals surface area (Å²) >= 11 is 0. The second-order valence-corrected chi connectivity index (χ2v) is 7.78. The van der Waals surface area contributed by atoms with Crippen molar-refractivity contribution < 1.29 is 23.8 Å². The van der Waals surface area contributed by atoms with Crippen LogP contribution in [0.15, 0.2) is 66.7 Å². The van der Waals surface area contributed by atoms with Crippen LogP contribution < -0.4 is 24.4 Å². The second kappa shape index (κ2) is 9.65. The molecule has 1 heterocycles. The van der Waals surface area contributed by atoms with Crippen LogP contribution in [0.3, 0.4) is 0 Å². The van der Waals surface area contributed by atoms with Gasteiger partial charge in [-0.15, -0.1) is 0 Å². The zero-order chi connectivity index (χ0) is 23.4. The number of anilines is 2. The number of benzene rings is 3. The normalized spacial score (nSPS) is 14.8. The Morgan fingerprint density at radius 3 is 2.58 bits per heavy atom. The second-order valence-electron chi connectivity index (χ2n) is 7.78. The number of carbonyl (C=O) groups is 2. The Kier molecular flexibility index (Phi) is 6.49. The lowest BCUT2D eigenvalue weighted by atomic mass is 10.1. The van der Waals surface area contributed by atoms with Gasteiger partial charge in [0.15, 0.2) is 6.10 Å². The van der Waals surface area contributed by atoms with Crippen molar-refractivity contribution in [1.82, 2.24) is 0 Å². The number of nitrogens with one attached hydrogen (secondary N) is 1. The molecule has 33 heavy (non-hydrogen) atoms. The van der Waals surface area contributed by atoms with Gasteiger partial charge in [-0.3, -0.25) is 9.59 Å². The number of methoxy groups -OCH3 is 1. The Bertz CT molecular complexity index is 1160. The Morgan fingerprint density at radius 1 is 1.06 bits per heavy atom. The molecule has 1 atom stereocenters. The van der Waals surface area contributed by atoms with Gasteiger partial charge in [-0.05, 0) is 74.0 Å². The third-order valence-electron chi connectivity index (χ3n) is 5.35. The fourth-order valence-corrected chi connectivity index (χ4v) is 3.62. The van der Waals surface area contributed by atoms with E-state index >= 15 is 0 Å². The van der Waals surface area contributed by atoms with E-state index in [9.17, 15) is 9.59 Å². The number of ether oxygens (including phenoxy) is 3. The number of nitrogens with zero attached hydrogens (tertiary/aromatic N) is 1. The molecule has 0 fully saturated rings. The Morgan fingerprint density at radius 2 is 1.85 bits per heavy atom. The molecule has 1 aliphatic heterocycles. The summed E-state index contributed by atoms with van der Waals surface area (Å²) in [4.78, 5) is 27.1. The Hall–Kier alpha value is -4.00. The molecular formula is C26H26N2O5. The molecule has 2 amide bonds. The van der Waals surface area contributed by atoms with Gasteiger partial charge in [0.2, 0.25) is 0 Å². The standard InChI is InChI=1S/C26H26N2O5/c1-17-5-4-6-22(15-17)32-14-13-28-23-16-20(9-12-24(23)33-18(2)26(28)30)27-25(29)19-7-10-21(31-3)11-8-19/h4-12,15-16,18H,13-14H2,1-3H3,(H,27,29). The van der Waals surface area contributed by atoms with E-state index in [1.54, 1.807) is 61.4 Å². The number of carbonyl (C=O) groups excluding carboxylic acids is 2. The predicted octanol–water partition coefficient (Wildman–Crippen LogP) is 4.45. The van der Waals surface area contributed by atoms with Crippen LogP contribution in [-0.2, 0) is 4.79 Å². The van der Waals surface area contributed by atoms with Gasteiger partial charge in [0, 0.05) is 11.3 Å². The first-order chi connectivity index (χ1) is 15.9. The summed E-state index contributed by atoms with van der Waals surface area (Å²) in [6, 6.07) is 19.9. The highest BCUT2D eigenvalue weighted by molar-refractivity contribution is 6.05. The number of hydrogen-bond donors (Lipinski definition) is 1. The summed E-state index contributed by atoms with van der Waals surface area (Å²) < 4.78 is 16.7. The number of hydrogen-bond acceptors (Lipinski definition) is 5. The quantitative estimate of drug-likeness (QED) is 0.580. The molecule has 0 radical (unpaired) electrons. The highest BCUT2D eigenvalue weighted by atomic mass is 16.5. The van der Waals surface area contributed by atoms with Crippen LogP contribution in [0, 0.1) is 6.92 Å². The molecule has 7 nitrogen and oxygen atoms in total. The van der Waals surface area contributed by atoms with Crippen molar-refractivity contribution in [3.8, 4) is 17.2 Å². The van der Waals surface area contributed by atoms with Crippen molar-refractivity contribution >= 4 is 23.2 Å². The molecule has 0 saturated carbocycles. The number of rotatable bonds is 7. The molecule has 3 aromatic rings. The third-order valence-corrected chi connectivity index (χ3v) is 5.35. The molecule has 0 spiro atoms. The summed E-state index contributed by atoms with van der Waals surface area (Å²) in [5.41, 5.74) is 2.76.